The molecule has 2 unspecified atom stereocenters. The van der Waals surface area contributed by atoms with Gasteiger partial charge in [-0.2, -0.15) is 0 Å². The van der Waals surface area contributed by atoms with Crippen molar-refractivity contribution in [1.29, 1.82) is 0 Å². The molecule has 0 radical (unpaired) electrons. The van der Waals surface area contributed by atoms with Crippen molar-refractivity contribution >= 4 is 21.8 Å². The van der Waals surface area contributed by atoms with Crippen molar-refractivity contribution < 1.29 is 4.79 Å². The van der Waals surface area contributed by atoms with Crippen molar-refractivity contribution in [3.05, 3.63) is 34.2 Å². The molecule has 1 heterocycles. The van der Waals surface area contributed by atoms with E-state index in [-0.39, 0.29) is 11.5 Å². The highest BCUT2D eigenvalue weighted by molar-refractivity contribution is 9.09. The van der Waals surface area contributed by atoms with Gasteiger partial charge in [0.2, 0.25) is 5.56 Å². The van der Waals surface area contributed by atoms with Gasteiger partial charge in [-0.3, -0.25) is 9.59 Å². The topological polar surface area (TPSA) is 62.0 Å². The summed E-state index contributed by atoms with van der Waals surface area (Å²) in [5.74, 6) is 0.333. The summed E-state index contributed by atoms with van der Waals surface area (Å²) in [5, 5.41) is 2.86. The second-order valence-corrected chi connectivity index (χ2v) is 5.71. The molecule has 17 heavy (non-hydrogen) atoms. The Labute approximate surface area is 108 Å². The zero-order chi connectivity index (χ0) is 12.3. The number of rotatable bonds is 3. The molecule has 4 nitrogen and oxygen atoms in total. The van der Waals surface area contributed by atoms with Gasteiger partial charge in [0, 0.05) is 17.4 Å². The number of pyridine rings is 1. The molecule has 1 aliphatic rings. The standard InChI is InChI=1S/C12H15BrN2O2/c13-9-5-4-8(6-9)7-14-12(17)10-2-1-3-11(16)15-10/h1-3,8-9H,4-7H2,(H,14,17)(H,15,16). The summed E-state index contributed by atoms with van der Waals surface area (Å²) < 4.78 is 0. The molecule has 0 saturated heterocycles. The summed E-state index contributed by atoms with van der Waals surface area (Å²) in [6.45, 7) is 0.678. The predicted molar refractivity (Wildman–Crippen MR) is 69.5 cm³/mol. The highest BCUT2D eigenvalue weighted by Gasteiger charge is 2.22. The number of nitrogens with one attached hydrogen (secondary N) is 2. The van der Waals surface area contributed by atoms with Crippen LogP contribution in [0, 0.1) is 5.92 Å². The Hall–Kier alpha value is -1.10. The van der Waals surface area contributed by atoms with Crippen LogP contribution in [0.2, 0.25) is 0 Å². The number of carbonyl (C=O) groups is 1. The molecule has 0 spiro atoms. The summed E-state index contributed by atoms with van der Waals surface area (Å²) in [4.78, 5) is 25.9. The summed E-state index contributed by atoms with van der Waals surface area (Å²) in [7, 11) is 0. The monoisotopic (exact) mass is 298 g/mol. The lowest BCUT2D eigenvalue weighted by Gasteiger charge is -2.10. The van der Waals surface area contributed by atoms with Crippen molar-refractivity contribution in [2.75, 3.05) is 6.54 Å². The molecule has 1 aromatic rings. The minimum Gasteiger partial charge on any atom is -0.350 e. The van der Waals surface area contributed by atoms with E-state index in [1.165, 1.54) is 12.5 Å². The number of amides is 1. The van der Waals surface area contributed by atoms with Gasteiger partial charge in [-0.1, -0.05) is 22.0 Å². The fraction of sp³-hybridized carbons (Fsp3) is 0.500. The molecule has 0 aromatic carbocycles. The van der Waals surface area contributed by atoms with Crippen LogP contribution in [0.1, 0.15) is 29.8 Å². The fourth-order valence-electron chi connectivity index (χ4n) is 2.11. The van der Waals surface area contributed by atoms with E-state index in [4.69, 9.17) is 0 Å². The lowest BCUT2D eigenvalue weighted by atomic mass is 10.1. The van der Waals surface area contributed by atoms with Crippen molar-refractivity contribution in [2.45, 2.75) is 24.1 Å². The molecule has 2 N–H and O–H groups in total. The van der Waals surface area contributed by atoms with Crippen LogP contribution >= 0.6 is 15.9 Å². The first-order chi connectivity index (χ1) is 8.15. The molecule has 0 bridgehead atoms. The third-order valence-electron chi connectivity index (χ3n) is 3.04. The van der Waals surface area contributed by atoms with E-state index in [0.717, 1.165) is 12.8 Å². The largest absolute Gasteiger partial charge is 0.350 e. The van der Waals surface area contributed by atoms with Crippen LogP contribution in [0.3, 0.4) is 0 Å². The molecule has 1 saturated carbocycles. The number of halogens is 1. The van der Waals surface area contributed by atoms with E-state index in [2.05, 4.69) is 26.2 Å². The minimum absolute atomic E-state index is 0.208. The Bertz CT molecular complexity index is 458. The van der Waals surface area contributed by atoms with Crippen LogP contribution in [0.25, 0.3) is 0 Å². The van der Waals surface area contributed by atoms with Gasteiger partial charge in [0.05, 0.1) is 0 Å². The molecule has 1 fully saturated rings. The first-order valence-corrected chi connectivity index (χ1v) is 6.68. The van der Waals surface area contributed by atoms with Crippen molar-refractivity contribution in [1.82, 2.24) is 10.3 Å². The third kappa shape index (κ3) is 3.43. The molecular weight excluding hydrogens is 284 g/mol. The van der Waals surface area contributed by atoms with Gasteiger partial charge in [-0.05, 0) is 31.2 Å². The van der Waals surface area contributed by atoms with E-state index >= 15 is 0 Å². The number of hydrogen-bond donors (Lipinski definition) is 2. The lowest BCUT2D eigenvalue weighted by Crippen LogP contribution is -2.30. The molecule has 2 atom stereocenters. The van der Waals surface area contributed by atoms with Crippen LogP contribution in [0.4, 0.5) is 0 Å². The maximum absolute atomic E-state index is 11.7. The lowest BCUT2D eigenvalue weighted by molar-refractivity contribution is 0.0942. The average molecular weight is 299 g/mol. The van der Waals surface area contributed by atoms with Gasteiger partial charge in [0.15, 0.2) is 0 Å². The Morgan fingerprint density at radius 3 is 2.94 bits per heavy atom. The zero-order valence-electron chi connectivity index (χ0n) is 9.41. The van der Waals surface area contributed by atoms with Gasteiger partial charge in [0.25, 0.3) is 5.91 Å². The Morgan fingerprint density at radius 1 is 1.47 bits per heavy atom. The van der Waals surface area contributed by atoms with Crippen LogP contribution in [-0.2, 0) is 0 Å². The molecule has 0 aliphatic heterocycles. The number of aromatic amines is 1. The van der Waals surface area contributed by atoms with E-state index in [9.17, 15) is 9.59 Å². The van der Waals surface area contributed by atoms with Crippen molar-refractivity contribution in [3.8, 4) is 0 Å². The first-order valence-electron chi connectivity index (χ1n) is 5.77. The van der Waals surface area contributed by atoms with E-state index in [1.54, 1.807) is 12.1 Å². The number of alkyl halides is 1. The second kappa shape index (κ2) is 5.49. The quantitative estimate of drug-likeness (QED) is 0.834. The predicted octanol–water partition coefficient (Wildman–Crippen LogP) is 1.67. The molecule has 2 rings (SSSR count). The maximum Gasteiger partial charge on any atom is 0.267 e. The van der Waals surface area contributed by atoms with Gasteiger partial charge >= 0.3 is 0 Å². The van der Waals surface area contributed by atoms with E-state index in [1.807, 2.05) is 0 Å². The number of aromatic nitrogens is 1. The smallest absolute Gasteiger partial charge is 0.267 e. The number of hydrogen-bond acceptors (Lipinski definition) is 2. The average Bonchev–Trinajstić information content (AvgIpc) is 2.72. The van der Waals surface area contributed by atoms with Crippen molar-refractivity contribution in [3.63, 3.8) is 0 Å². The number of H-pyrrole nitrogens is 1. The van der Waals surface area contributed by atoms with Gasteiger partial charge in [-0.25, -0.2) is 0 Å². The summed E-state index contributed by atoms with van der Waals surface area (Å²) >= 11 is 3.58. The summed E-state index contributed by atoms with van der Waals surface area (Å²) in [5.41, 5.74) is 0.0740. The molecular formula is C12H15BrN2O2. The van der Waals surface area contributed by atoms with Crippen molar-refractivity contribution in [2.24, 2.45) is 5.92 Å². The highest BCUT2D eigenvalue weighted by Crippen LogP contribution is 2.29. The molecule has 1 aliphatic carbocycles. The normalized spacial score (nSPS) is 23.6. The van der Waals surface area contributed by atoms with Crippen LogP contribution < -0.4 is 10.9 Å². The van der Waals surface area contributed by atoms with E-state index in [0.29, 0.717) is 23.0 Å². The molecule has 5 heteroatoms. The maximum atomic E-state index is 11.7. The van der Waals surface area contributed by atoms with Gasteiger partial charge in [-0.15, -0.1) is 0 Å². The summed E-state index contributed by atoms with van der Waals surface area (Å²) in [6, 6.07) is 4.58. The van der Waals surface area contributed by atoms with Crippen LogP contribution in [0.15, 0.2) is 23.0 Å². The SMILES string of the molecule is O=C(NCC1CCC(Br)C1)c1cccc(=O)[nH]1. The Balaban J connectivity index is 1.87. The van der Waals surface area contributed by atoms with Gasteiger partial charge < -0.3 is 10.3 Å². The third-order valence-corrected chi connectivity index (χ3v) is 3.87. The van der Waals surface area contributed by atoms with Gasteiger partial charge in [0.1, 0.15) is 5.69 Å². The van der Waals surface area contributed by atoms with Crippen LogP contribution in [0.5, 0.6) is 0 Å². The first kappa shape index (κ1) is 12.4. The zero-order valence-corrected chi connectivity index (χ0v) is 11.0. The Morgan fingerprint density at radius 2 is 2.29 bits per heavy atom. The molecule has 1 aromatic heterocycles. The highest BCUT2D eigenvalue weighted by atomic mass is 79.9. The fourth-order valence-corrected chi connectivity index (χ4v) is 2.90. The molecule has 1 amide bonds. The summed E-state index contributed by atoms with van der Waals surface area (Å²) in [6.07, 6.45) is 3.41. The molecule has 92 valence electrons. The number of carbonyl (C=O) groups excluding carboxylic acids is 1. The Kier molecular flexibility index (Phi) is 3.99. The van der Waals surface area contributed by atoms with Crippen LogP contribution in [-0.4, -0.2) is 22.3 Å². The second-order valence-electron chi connectivity index (χ2n) is 4.42. The van der Waals surface area contributed by atoms with E-state index < -0.39 is 0 Å². The minimum atomic E-state index is -0.251.